The quantitative estimate of drug-likeness (QED) is 0.871. The first kappa shape index (κ1) is 12.9. The topological polar surface area (TPSA) is 15.3 Å². The Morgan fingerprint density at radius 3 is 2.82 bits per heavy atom. The minimum atomic E-state index is 0.186. The summed E-state index contributed by atoms with van der Waals surface area (Å²) in [6.07, 6.45) is 0. The van der Waals surface area contributed by atoms with Crippen molar-refractivity contribution in [2.45, 2.75) is 38.9 Å². The summed E-state index contributed by atoms with van der Waals surface area (Å²) in [4.78, 5) is 2.51. The van der Waals surface area contributed by atoms with Crippen molar-refractivity contribution in [3.05, 3.63) is 34.9 Å². The zero-order valence-electron chi connectivity index (χ0n) is 10.8. The highest BCUT2D eigenvalue weighted by atomic mass is 35.5. The third-order valence-corrected chi connectivity index (χ3v) is 3.92. The van der Waals surface area contributed by atoms with Gasteiger partial charge in [-0.1, -0.05) is 29.8 Å². The lowest BCUT2D eigenvalue weighted by Gasteiger charge is -2.45. The van der Waals surface area contributed by atoms with Gasteiger partial charge in [0, 0.05) is 36.2 Å². The van der Waals surface area contributed by atoms with Crippen LogP contribution < -0.4 is 5.32 Å². The maximum absolute atomic E-state index is 6.23. The predicted molar refractivity (Wildman–Crippen MR) is 73.4 cm³/mol. The summed E-state index contributed by atoms with van der Waals surface area (Å²) in [5.74, 6) is 0. The first-order valence-corrected chi connectivity index (χ1v) is 6.59. The summed E-state index contributed by atoms with van der Waals surface area (Å²) in [5.41, 5.74) is 1.41. The lowest BCUT2D eigenvalue weighted by molar-refractivity contribution is 0.0627. The molecule has 0 saturated carbocycles. The predicted octanol–water partition coefficient (Wildman–Crippen LogP) is 2.91. The third kappa shape index (κ3) is 3.01. The molecule has 17 heavy (non-hydrogen) atoms. The summed E-state index contributed by atoms with van der Waals surface area (Å²) in [6, 6.07) is 8.67. The Balaban J connectivity index is 2.14. The highest BCUT2D eigenvalue weighted by molar-refractivity contribution is 6.31. The van der Waals surface area contributed by atoms with Gasteiger partial charge in [-0.15, -0.1) is 0 Å². The van der Waals surface area contributed by atoms with Gasteiger partial charge in [0.25, 0.3) is 0 Å². The Morgan fingerprint density at radius 1 is 1.41 bits per heavy atom. The summed E-state index contributed by atoms with van der Waals surface area (Å²) in [5, 5.41) is 4.40. The summed E-state index contributed by atoms with van der Waals surface area (Å²) >= 11 is 6.23. The number of halogens is 1. The molecule has 0 amide bonds. The largest absolute Gasteiger partial charge is 0.311 e. The molecule has 0 bridgehead atoms. The van der Waals surface area contributed by atoms with Gasteiger partial charge in [0.2, 0.25) is 0 Å². The van der Waals surface area contributed by atoms with Crippen LogP contribution in [0.25, 0.3) is 0 Å². The van der Waals surface area contributed by atoms with Gasteiger partial charge in [-0.3, -0.25) is 4.90 Å². The molecular formula is C14H21ClN2. The molecule has 94 valence electrons. The minimum Gasteiger partial charge on any atom is -0.311 e. The van der Waals surface area contributed by atoms with Gasteiger partial charge in [0.1, 0.15) is 0 Å². The van der Waals surface area contributed by atoms with Crippen LogP contribution in [0, 0.1) is 0 Å². The average molecular weight is 253 g/mol. The molecule has 0 aliphatic carbocycles. The van der Waals surface area contributed by atoms with Crippen molar-refractivity contribution in [3.63, 3.8) is 0 Å². The van der Waals surface area contributed by atoms with E-state index < -0.39 is 0 Å². The Kier molecular flexibility index (Phi) is 3.76. The second kappa shape index (κ2) is 4.97. The van der Waals surface area contributed by atoms with Crippen molar-refractivity contribution in [3.8, 4) is 0 Å². The van der Waals surface area contributed by atoms with Crippen LogP contribution >= 0.6 is 11.6 Å². The Bertz CT molecular complexity index is 390. The van der Waals surface area contributed by atoms with Crippen LogP contribution in [0.2, 0.25) is 5.02 Å². The van der Waals surface area contributed by atoms with Gasteiger partial charge in [-0.05, 0) is 32.4 Å². The number of nitrogens with one attached hydrogen (secondary N) is 1. The molecule has 1 aromatic rings. The molecule has 0 aromatic heterocycles. The smallest absolute Gasteiger partial charge is 0.0451 e. The molecule has 0 radical (unpaired) electrons. The highest BCUT2D eigenvalue weighted by Gasteiger charge is 2.32. The molecule has 1 fully saturated rings. The number of benzene rings is 1. The van der Waals surface area contributed by atoms with E-state index in [-0.39, 0.29) is 5.54 Å². The number of hydrogen-bond donors (Lipinski definition) is 1. The van der Waals surface area contributed by atoms with Crippen molar-refractivity contribution < 1.29 is 0 Å². The van der Waals surface area contributed by atoms with E-state index in [0.29, 0.717) is 6.04 Å². The Labute approximate surface area is 109 Å². The van der Waals surface area contributed by atoms with E-state index in [2.05, 4.69) is 43.1 Å². The van der Waals surface area contributed by atoms with Gasteiger partial charge in [0.05, 0.1) is 0 Å². The maximum Gasteiger partial charge on any atom is 0.0451 e. The normalized spacial score (nSPS) is 24.8. The van der Waals surface area contributed by atoms with Crippen molar-refractivity contribution in [1.29, 1.82) is 0 Å². The number of nitrogens with zero attached hydrogens (tertiary/aromatic N) is 1. The first-order valence-electron chi connectivity index (χ1n) is 6.21. The molecule has 1 heterocycles. The lowest BCUT2D eigenvalue weighted by Crippen LogP contribution is -2.60. The first-order chi connectivity index (χ1) is 7.99. The van der Waals surface area contributed by atoms with E-state index in [1.54, 1.807) is 0 Å². The van der Waals surface area contributed by atoms with E-state index in [9.17, 15) is 0 Å². The van der Waals surface area contributed by atoms with Crippen LogP contribution in [0.3, 0.4) is 0 Å². The summed E-state index contributed by atoms with van der Waals surface area (Å²) in [7, 11) is 0. The zero-order chi connectivity index (χ0) is 12.5. The molecule has 1 unspecified atom stereocenters. The molecule has 1 aliphatic rings. The van der Waals surface area contributed by atoms with E-state index >= 15 is 0 Å². The fraction of sp³-hybridized carbons (Fsp3) is 0.571. The van der Waals surface area contributed by atoms with E-state index in [1.807, 2.05) is 12.1 Å². The molecule has 0 spiro atoms. The van der Waals surface area contributed by atoms with Crippen molar-refractivity contribution >= 4 is 11.6 Å². The maximum atomic E-state index is 6.23. The average Bonchev–Trinajstić information content (AvgIpc) is 2.27. The van der Waals surface area contributed by atoms with E-state index in [4.69, 9.17) is 11.6 Å². The van der Waals surface area contributed by atoms with Crippen LogP contribution in [-0.2, 0) is 6.54 Å². The third-order valence-electron chi connectivity index (χ3n) is 3.55. The van der Waals surface area contributed by atoms with Crippen molar-refractivity contribution in [1.82, 2.24) is 10.2 Å². The summed E-state index contributed by atoms with van der Waals surface area (Å²) < 4.78 is 0. The van der Waals surface area contributed by atoms with E-state index in [0.717, 1.165) is 24.7 Å². The number of rotatable bonds is 2. The standard InChI is InChI=1S/C14H21ClN2/c1-11-8-17(14(2,3)10-16-11)9-12-6-4-5-7-13(12)15/h4-7,11,16H,8-10H2,1-3H3. The number of piperazine rings is 1. The SMILES string of the molecule is CC1CN(Cc2ccccc2Cl)C(C)(C)CN1. The van der Waals surface area contributed by atoms with Crippen LogP contribution in [0.15, 0.2) is 24.3 Å². The second-order valence-electron chi connectivity index (χ2n) is 5.57. The van der Waals surface area contributed by atoms with Gasteiger partial charge < -0.3 is 5.32 Å². The lowest BCUT2D eigenvalue weighted by atomic mass is 9.97. The van der Waals surface area contributed by atoms with Crippen LogP contribution in [0.1, 0.15) is 26.3 Å². The van der Waals surface area contributed by atoms with Crippen LogP contribution in [0.4, 0.5) is 0 Å². The fourth-order valence-corrected chi connectivity index (χ4v) is 2.48. The fourth-order valence-electron chi connectivity index (χ4n) is 2.29. The van der Waals surface area contributed by atoms with Crippen molar-refractivity contribution in [2.24, 2.45) is 0 Å². The molecule has 1 aliphatic heterocycles. The van der Waals surface area contributed by atoms with Gasteiger partial charge in [0.15, 0.2) is 0 Å². The molecule has 1 aromatic carbocycles. The van der Waals surface area contributed by atoms with E-state index in [1.165, 1.54) is 5.56 Å². The molecule has 1 atom stereocenters. The zero-order valence-corrected chi connectivity index (χ0v) is 11.6. The summed E-state index contributed by atoms with van der Waals surface area (Å²) in [6.45, 7) is 9.82. The van der Waals surface area contributed by atoms with Crippen LogP contribution in [0.5, 0.6) is 0 Å². The van der Waals surface area contributed by atoms with Crippen molar-refractivity contribution in [2.75, 3.05) is 13.1 Å². The molecule has 1 saturated heterocycles. The van der Waals surface area contributed by atoms with Gasteiger partial charge >= 0.3 is 0 Å². The molecule has 3 heteroatoms. The second-order valence-corrected chi connectivity index (χ2v) is 5.97. The Morgan fingerprint density at radius 2 is 2.12 bits per heavy atom. The molecule has 2 nitrogen and oxygen atoms in total. The number of hydrogen-bond acceptors (Lipinski definition) is 2. The minimum absolute atomic E-state index is 0.186. The molecule has 1 N–H and O–H groups in total. The Hall–Kier alpha value is -0.570. The molecule has 2 rings (SSSR count). The van der Waals surface area contributed by atoms with Crippen LogP contribution in [-0.4, -0.2) is 29.6 Å². The van der Waals surface area contributed by atoms with Gasteiger partial charge in [-0.25, -0.2) is 0 Å². The van der Waals surface area contributed by atoms with Gasteiger partial charge in [-0.2, -0.15) is 0 Å². The molecular weight excluding hydrogens is 232 g/mol. The monoisotopic (exact) mass is 252 g/mol. The highest BCUT2D eigenvalue weighted by Crippen LogP contribution is 2.24.